The molecule has 0 saturated carbocycles. The fourth-order valence-corrected chi connectivity index (χ4v) is 2.16. The van der Waals surface area contributed by atoms with E-state index >= 15 is 0 Å². The summed E-state index contributed by atoms with van der Waals surface area (Å²) in [5.74, 6) is -0.107. The molecule has 6 N–H and O–H groups in total. The first-order valence-corrected chi connectivity index (χ1v) is 7.51. The molecule has 0 saturated heterocycles. The summed E-state index contributed by atoms with van der Waals surface area (Å²) in [6, 6.07) is 4.17. The van der Waals surface area contributed by atoms with Crippen molar-refractivity contribution >= 4 is 27.3 Å². The summed E-state index contributed by atoms with van der Waals surface area (Å²) < 4.78 is 22.4. The van der Waals surface area contributed by atoms with Crippen LogP contribution in [0, 0.1) is 5.41 Å². The van der Waals surface area contributed by atoms with Crippen molar-refractivity contribution in [2.45, 2.75) is 18.7 Å². The van der Waals surface area contributed by atoms with Gasteiger partial charge in [0.1, 0.15) is 0 Å². The van der Waals surface area contributed by atoms with E-state index in [0.717, 1.165) is 0 Å². The molecule has 0 fully saturated rings. The highest BCUT2D eigenvalue weighted by Crippen LogP contribution is 2.24. The summed E-state index contributed by atoms with van der Waals surface area (Å²) in [5, 5.41) is 10.6. The average molecular weight is 300 g/mol. The number of carbonyl (C=O) groups is 1. The molecule has 8 heteroatoms. The van der Waals surface area contributed by atoms with Crippen LogP contribution in [0.25, 0.3) is 0 Å². The minimum absolute atomic E-state index is 0.0499. The van der Waals surface area contributed by atoms with E-state index in [1.165, 1.54) is 18.2 Å². The molecule has 0 heterocycles. The molecule has 0 unspecified atom stereocenters. The van der Waals surface area contributed by atoms with Crippen LogP contribution in [0.2, 0.25) is 0 Å². The molecule has 0 radical (unpaired) electrons. The van der Waals surface area contributed by atoms with Crippen molar-refractivity contribution in [2.75, 3.05) is 24.6 Å². The Kier molecular flexibility index (Phi) is 4.61. The van der Waals surface area contributed by atoms with E-state index in [-0.39, 0.29) is 16.5 Å². The number of hydrogen-bond acceptors (Lipinski definition) is 5. The normalized spacial score (nSPS) is 12.0. The van der Waals surface area contributed by atoms with Crippen LogP contribution in [-0.2, 0) is 14.8 Å². The van der Waals surface area contributed by atoms with Crippen molar-refractivity contribution in [1.29, 1.82) is 0 Å². The van der Waals surface area contributed by atoms with E-state index in [1.807, 2.05) is 0 Å². The third-order valence-electron chi connectivity index (χ3n) is 2.91. The fourth-order valence-electron chi connectivity index (χ4n) is 1.61. The second-order valence-corrected chi connectivity index (χ2v) is 6.67. The van der Waals surface area contributed by atoms with Crippen LogP contribution in [0.4, 0.5) is 11.4 Å². The number of hydrogen-bond donors (Lipinski definition) is 4. The van der Waals surface area contributed by atoms with Crippen molar-refractivity contribution < 1.29 is 13.2 Å². The molecule has 1 amide bonds. The first kappa shape index (κ1) is 16.3. The molecule has 0 bridgehead atoms. The highest BCUT2D eigenvalue weighted by atomic mass is 32.2. The molecule has 0 spiro atoms. The third-order valence-corrected chi connectivity index (χ3v) is 3.83. The number of sulfonamides is 1. The number of nitrogens with one attached hydrogen (secondary N) is 2. The Morgan fingerprint density at radius 2 is 1.95 bits per heavy atom. The van der Waals surface area contributed by atoms with Gasteiger partial charge in [-0.05, 0) is 32.0 Å². The van der Waals surface area contributed by atoms with Gasteiger partial charge in [-0.1, -0.05) is 0 Å². The van der Waals surface area contributed by atoms with E-state index < -0.39 is 15.4 Å². The number of carbonyl (C=O) groups excluding carboxylic acids is 1. The van der Waals surface area contributed by atoms with Crippen LogP contribution in [0.15, 0.2) is 23.1 Å². The molecular formula is C12H20N4O3S. The highest BCUT2D eigenvalue weighted by molar-refractivity contribution is 7.89. The quantitative estimate of drug-likeness (QED) is 0.573. The summed E-state index contributed by atoms with van der Waals surface area (Å²) >= 11 is 0. The van der Waals surface area contributed by atoms with Crippen molar-refractivity contribution in [1.82, 2.24) is 5.32 Å². The van der Waals surface area contributed by atoms with Crippen LogP contribution in [0.5, 0.6) is 0 Å². The van der Waals surface area contributed by atoms with Gasteiger partial charge in [0.2, 0.25) is 15.9 Å². The lowest BCUT2D eigenvalue weighted by Crippen LogP contribution is -2.39. The second kappa shape index (κ2) is 5.68. The maximum Gasteiger partial charge on any atom is 0.238 e. The summed E-state index contributed by atoms with van der Waals surface area (Å²) in [5.41, 5.74) is 5.95. The van der Waals surface area contributed by atoms with Crippen molar-refractivity contribution in [2.24, 2.45) is 10.6 Å². The Bertz CT molecular complexity index is 611. The summed E-state index contributed by atoms with van der Waals surface area (Å²) in [7, 11) is -2.21. The van der Waals surface area contributed by atoms with E-state index in [1.54, 1.807) is 20.9 Å². The Balaban J connectivity index is 2.88. The van der Waals surface area contributed by atoms with Gasteiger partial charge in [0.05, 0.1) is 21.7 Å². The SMILES string of the molecule is CNC(=O)C(C)(C)CNc1ccc(S(N)(=O)=O)cc1N. The molecule has 112 valence electrons. The molecule has 1 aromatic carbocycles. The number of rotatable bonds is 5. The van der Waals surface area contributed by atoms with Crippen LogP contribution < -0.4 is 21.5 Å². The van der Waals surface area contributed by atoms with Gasteiger partial charge in [-0.15, -0.1) is 0 Å². The zero-order chi connectivity index (χ0) is 15.6. The van der Waals surface area contributed by atoms with Crippen LogP contribution in [-0.4, -0.2) is 27.9 Å². The lowest BCUT2D eigenvalue weighted by atomic mass is 9.92. The average Bonchev–Trinajstić information content (AvgIpc) is 2.35. The highest BCUT2D eigenvalue weighted by Gasteiger charge is 2.26. The molecule has 7 nitrogen and oxygen atoms in total. The lowest BCUT2D eigenvalue weighted by Gasteiger charge is -2.24. The minimum atomic E-state index is -3.77. The van der Waals surface area contributed by atoms with Gasteiger partial charge < -0.3 is 16.4 Å². The Morgan fingerprint density at radius 1 is 1.35 bits per heavy atom. The number of primary sulfonamides is 1. The van der Waals surface area contributed by atoms with Gasteiger partial charge in [0.15, 0.2) is 0 Å². The standard InChI is InChI=1S/C12H20N4O3S/c1-12(2,11(17)15-3)7-16-10-5-4-8(6-9(10)13)20(14,18)19/h4-6,16H,7,13H2,1-3H3,(H,15,17)(H2,14,18,19). The van der Waals surface area contributed by atoms with Crippen molar-refractivity contribution in [3.63, 3.8) is 0 Å². The molecule has 0 aliphatic heterocycles. The van der Waals surface area contributed by atoms with Gasteiger partial charge in [0, 0.05) is 13.6 Å². The molecule has 0 atom stereocenters. The maximum absolute atomic E-state index is 11.6. The summed E-state index contributed by atoms with van der Waals surface area (Å²) in [6.45, 7) is 3.92. The maximum atomic E-state index is 11.6. The molecule has 0 aliphatic carbocycles. The Morgan fingerprint density at radius 3 is 2.40 bits per heavy atom. The number of nitrogen functional groups attached to an aromatic ring is 1. The van der Waals surface area contributed by atoms with E-state index in [0.29, 0.717) is 12.2 Å². The molecule has 1 aromatic rings. The minimum Gasteiger partial charge on any atom is -0.397 e. The first-order valence-electron chi connectivity index (χ1n) is 5.96. The predicted octanol–water partition coefficient (Wildman–Crippen LogP) is 0.100. The van der Waals surface area contributed by atoms with Crippen LogP contribution in [0.3, 0.4) is 0 Å². The fraction of sp³-hybridized carbons (Fsp3) is 0.417. The second-order valence-electron chi connectivity index (χ2n) is 5.11. The number of nitrogens with two attached hydrogens (primary N) is 2. The summed E-state index contributed by atoms with van der Waals surface area (Å²) in [4.78, 5) is 11.6. The number of anilines is 2. The van der Waals surface area contributed by atoms with Crippen molar-refractivity contribution in [3.8, 4) is 0 Å². The van der Waals surface area contributed by atoms with Gasteiger partial charge >= 0.3 is 0 Å². The third kappa shape index (κ3) is 3.84. The molecule has 20 heavy (non-hydrogen) atoms. The Hall–Kier alpha value is -1.80. The Labute approximate surface area is 118 Å². The lowest BCUT2D eigenvalue weighted by molar-refractivity contribution is -0.128. The van der Waals surface area contributed by atoms with Gasteiger partial charge in [-0.3, -0.25) is 4.79 Å². The molecule has 0 aromatic heterocycles. The van der Waals surface area contributed by atoms with Crippen LogP contribution >= 0.6 is 0 Å². The summed E-state index contributed by atoms with van der Waals surface area (Å²) in [6.07, 6.45) is 0. The predicted molar refractivity (Wildman–Crippen MR) is 78.6 cm³/mol. The van der Waals surface area contributed by atoms with Gasteiger partial charge in [-0.2, -0.15) is 0 Å². The topological polar surface area (TPSA) is 127 Å². The number of amides is 1. The van der Waals surface area contributed by atoms with Gasteiger partial charge in [0.25, 0.3) is 0 Å². The molecular weight excluding hydrogens is 280 g/mol. The smallest absolute Gasteiger partial charge is 0.238 e. The molecule has 1 rings (SSSR count). The van der Waals surface area contributed by atoms with E-state index in [4.69, 9.17) is 10.9 Å². The molecule has 0 aliphatic rings. The van der Waals surface area contributed by atoms with E-state index in [2.05, 4.69) is 10.6 Å². The van der Waals surface area contributed by atoms with Crippen LogP contribution in [0.1, 0.15) is 13.8 Å². The van der Waals surface area contributed by atoms with Crippen molar-refractivity contribution in [3.05, 3.63) is 18.2 Å². The van der Waals surface area contributed by atoms with Gasteiger partial charge in [-0.25, -0.2) is 13.6 Å². The monoisotopic (exact) mass is 300 g/mol. The van der Waals surface area contributed by atoms with E-state index in [9.17, 15) is 13.2 Å². The number of benzene rings is 1. The largest absolute Gasteiger partial charge is 0.397 e. The zero-order valence-electron chi connectivity index (χ0n) is 11.7. The first-order chi connectivity index (χ1) is 9.08. The zero-order valence-corrected chi connectivity index (χ0v) is 12.5.